The average Bonchev–Trinajstić information content (AvgIpc) is 2.71. The van der Waals surface area contributed by atoms with Crippen LogP contribution in [0.3, 0.4) is 0 Å². The van der Waals surface area contributed by atoms with E-state index in [-0.39, 0.29) is 5.54 Å². The summed E-state index contributed by atoms with van der Waals surface area (Å²) < 4.78 is 0. The van der Waals surface area contributed by atoms with Gasteiger partial charge >= 0.3 is 0 Å². The number of piperidine rings is 1. The number of likely N-dealkylation sites (N-methyl/N-ethyl adjacent to an activating group) is 1. The number of rotatable bonds is 5. The maximum Gasteiger partial charge on any atom is 0.0345 e. The molecule has 2 heterocycles. The van der Waals surface area contributed by atoms with Crippen LogP contribution in [-0.2, 0) is 0 Å². The van der Waals surface area contributed by atoms with E-state index in [0.717, 1.165) is 6.54 Å². The molecule has 0 bridgehead atoms. The highest BCUT2D eigenvalue weighted by molar-refractivity contribution is 4.97. The van der Waals surface area contributed by atoms with E-state index in [9.17, 15) is 0 Å². The van der Waals surface area contributed by atoms with Gasteiger partial charge in [0.2, 0.25) is 0 Å². The van der Waals surface area contributed by atoms with E-state index in [2.05, 4.69) is 35.7 Å². The van der Waals surface area contributed by atoms with Gasteiger partial charge in [-0.05, 0) is 78.8 Å². The zero-order valence-corrected chi connectivity index (χ0v) is 14.5. The van der Waals surface area contributed by atoms with Crippen LogP contribution in [0.15, 0.2) is 0 Å². The van der Waals surface area contributed by atoms with E-state index in [1.165, 1.54) is 71.2 Å². The van der Waals surface area contributed by atoms with Gasteiger partial charge in [-0.1, -0.05) is 6.92 Å². The molecule has 4 heteroatoms. The van der Waals surface area contributed by atoms with Crippen molar-refractivity contribution in [2.75, 3.05) is 53.4 Å². The van der Waals surface area contributed by atoms with Crippen molar-refractivity contribution in [1.29, 1.82) is 0 Å². The summed E-state index contributed by atoms with van der Waals surface area (Å²) in [5.74, 6) is 0. The van der Waals surface area contributed by atoms with Crippen LogP contribution in [0.4, 0.5) is 0 Å². The first-order valence-corrected chi connectivity index (χ1v) is 8.95. The van der Waals surface area contributed by atoms with E-state index in [4.69, 9.17) is 5.73 Å². The molecule has 0 aromatic heterocycles. The van der Waals surface area contributed by atoms with Gasteiger partial charge in [-0.25, -0.2) is 0 Å². The standard InChI is InChI=1S/C17H36N4/c1-4-10-20-11-6-8-17(15-18,9-13-20)21-12-5-7-16(14-21)19(2)3/h16H,4-15,18H2,1-3H3. The van der Waals surface area contributed by atoms with Crippen molar-refractivity contribution in [2.24, 2.45) is 5.73 Å². The number of nitrogens with zero attached hydrogens (tertiary/aromatic N) is 3. The summed E-state index contributed by atoms with van der Waals surface area (Å²) >= 11 is 0. The van der Waals surface area contributed by atoms with Gasteiger partial charge in [0.25, 0.3) is 0 Å². The lowest BCUT2D eigenvalue weighted by molar-refractivity contribution is 0.0253. The number of nitrogens with two attached hydrogens (primary N) is 1. The van der Waals surface area contributed by atoms with Gasteiger partial charge in [0, 0.05) is 24.7 Å². The molecule has 2 N–H and O–H groups in total. The van der Waals surface area contributed by atoms with Gasteiger partial charge in [0.15, 0.2) is 0 Å². The molecular weight excluding hydrogens is 260 g/mol. The van der Waals surface area contributed by atoms with Crippen molar-refractivity contribution in [3.63, 3.8) is 0 Å². The lowest BCUT2D eigenvalue weighted by atomic mass is 9.86. The zero-order valence-electron chi connectivity index (χ0n) is 14.5. The molecule has 2 unspecified atom stereocenters. The third-order valence-electron chi connectivity index (χ3n) is 5.73. The SMILES string of the molecule is CCCN1CCCC(CN)(N2CCCC(N(C)C)C2)CC1. The first kappa shape index (κ1) is 17.2. The fourth-order valence-corrected chi connectivity index (χ4v) is 4.23. The predicted molar refractivity (Wildman–Crippen MR) is 90.6 cm³/mol. The van der Waals surface area contributed by atoms with Crippen molar-refractivity contribution in [3.05, 3.63) is 0 Å². The van der Waals surface area contributed by atoms with Crippen LogP contribution in [0, 0.1) is 0 Å². The Bertz CT molecular complexity index is 307. The van der Waals surface area contributed by atoms with Crippen LogP contribution in [0.5, 0.6) is 0 Å². The van der Waals surface area contributed by atoms with Gasteiger partial charge < -0.3 is 15.5 Å². The van der Waals surface area contributed by atoms with E-state index in [1.54, 1.807) is 0 Å². The fraction of sp³-hybridized carbons (Fsp3) is 1.00. The van der Waals surface area contributed by atoms with Crippen molar-refractivity contribution >= 4 is 0 Å². The molecule has 0 amide bonds. The monoisotopic (exact) mass is 296 g/mol. The molecule has 2 atom stereocenters. The third-order valence-corrected chi connectivity index (χ3v) is 5.73. The average molecular weight is 297 g/mol. The highest BCUT2D eigenvalue weighted by atomic mass is 15.3. The summed E-state index contributed by atoms with van der Waals surface area (Å²) in [6.07, 6.45) is 7.77. The highest BCUT2D eigenvalue weighted by Gasteiger charge is 2.39. The summed E-state index contributed by atoms with van der Waals surface area (Å²) in [6.45, 7) is 9.31. The van der Waals surface area contributed by atoms with E-state index in [0.29, 0.717) is 6.04 Å². The Hall–Kier alpha value is -0.160. The number of hydrogen-bond acceptors (Lipinski definition) is 4. The Morgan fingerprint density at radius 2 is 1.95 bits per heavy atom. The topological polar surface area (TPSA) is 35.7 Å². The molecule has 2 aliphatic rings. The smallest absolute Gasteiger partial charge is 0.0345 e. The molecule has 0 radical (unpaired) electrons. The van der Waals surface area contributed by atoms with Crippen molar-refractivity contribution in [2.45, 2.75) is 57.0 Å². The quantitative estimate of drug-likeness (QED) is 0.836. The number of likely N-dealkylation sites (tertiary alicyclic amines) is 2. The lowest BCUT2D eigenvalue weighted by Crippen LogP contribution is -2.59. The summed E-state index contributed by atoms with van der Waals surface area (Å²) in [5, 5.41) is 0. The molecule has 0 aromatic rings. The largest absolute Gasteiger partial charge is 0.329 e. The minimum atomic E-state index is 0.261. The summed E-state index contributed by atoms with van der Waals surface area (Å²) in [4.78, 5) is 7.79. The predicted octanol–water partition coefficient (Wildman–Crippen LogP) is 1.61. The summed E-state index contributed by atoms with van der Waals surface area (Å²) in [5.41, 5.74) is 6.57. The van der Waals surface area contributed by atoms with E-state index in [1.807, 2.05) is 0 Å². The molecule has 2 saturated heterocycles. The molecular formula is C17H36N4. The molecule has 2 fully saturated rings. The number of hydrogen-bond donors (Lipinski definition) is 1. The minimum Gasteiger partial charge on any atom is -0.329 e. The zero-order chi connectivity index (χ0) is 15.3. The molecule has 2 aliphatic heterocycles. The molecule has 2 rings (SSSR count). The van der Waals surface area contributed by atoms with Gasteiger partial charge in [0.05, 0.1) is 0 Å². The van der Waals surface area contributed by atoms with Crippen molar-refractivity contribution in [1.82, 2.24) is 14.7 Å². The first-order valence-electron chi connectivity index (χ1n) is 8.95. The molecule has 0 aliphatic carbocycles. The van der Waals surface area contributed by atoms with Crippen LogP contribution in [0.2, 0.25) is 0 Å². The van der Waals surface area contributed by atoms with Crippen molar-refractivity contribution in [3.8, 4) is 0 Å². The maximum atomic E-state index is 6.31. The summed E-state index contributed by atoms with van der Waals surface area (Å²) in [7, 11) is 4.44. The highest BCUT2D eigenvalue weighted by Crippen LogP contribution is 2.31. The van der Waals surface area contributed by atoms with Crippen LogP contribution in [-0.4, -0.2) is 79.6 Å². The van der Waals surface area contributed by atoms with Gasteiger partial charge in [0.1, 0.15) is 0 Å². The van der Waals surface area contributed by atoms with E-state index >= 15 is 0 Å². The molecule has 4 nitrogen and oxygen atoms in total. The fourth-order valence-electron chi connectivity index (χ4n) is 4.23. The molecule has 0 spiro atoms. The van der Waals surface area contributed by atoms with Gasteiger partial charge in [-0.2, -0.15) is 0 Å². The second kappa shape index (κ2) is 7.91. The Balaban J connectivity index is 2.02. The molecule has 124 valence electrons. The van der Waals surface area contributed by atoms with Gasteiger partial charge in [-0.15, -0.1) is 0 Å². The third kappa shape index (κ3) is 4.19. The molecule has 0 saturated carbocycles. The second-order valence-corrected chi connectivity index (χ2v) is 7.33. The van der Waals surface area contributed by atoms with E-state index < -0.39 is 0 Å². The maximum absolute atomic E-state index is 6.31. The van der Waals surface area contributed by atoms with Gasteiger partial charge in [-0.3, -0.25) is 4.90 Å². The lowest BCUT2D eigenvalue weighted by Gasteiger charge is -2.48. The Kier molecular flexibility index (Phi) is 6.48. The molecule has 21 heavy (non-hydrogen) atoms. The Labute approximate surface area is 131 Å². The van der Waals surface area contributed by atoms with Crippen LogP contribution >= 0.6 is 0 Å². The Morgan fingerprint density at radius 3 is 2.62 bits per heavy atom. The summed E-state index contributed by atoms with van der Waals surface area (Å²) in [6, 6.07) is 0.706. The van der Waals surface area contributed by atoms with Crippen LogP contribution in [0.25, 0.3) is 0 Å². The first-order chi connectivity index (χ1) is 10.1. The van der Waals surface area contributed by atoms with Crippen LogP contribution < -0.4 is 5.73 Å². The van der Waals surface area contributed by atoms with Crippen LogP contribution in [0.1, 0.15) is 45.4 Å². The van der Waals surface area contributed by atoms with Crippen molar-refractivity contribution < 1.29 is 0 Å². The minimum absolute atomic E-state index is 0.261. The Morgan fingerprint density at radius 1 is 1.14 bits per heavy atom. The second-order valence-electron chi connectivity index (χ2n) is 7.33. The molecule has 0 aromatic carbocycles. The normalized spacial score (nSPS) is 33.3.